The van der Waals surface area contributed by atoms with Gasteiger partial charge in [0.1, 0.15) is 0 Å². The molecule has 0 atom stereocenters. The Labute approximate surface area is 145 Å². The number of hydrogen-bond donors (Lipinski definition) is 1. The minimum absolute atomic E-state index is 0.563. The zero-order chi connectivity index (χ0) is 16.2. The Morgan fingerprint density at radius 2 is 1.83 bits per heavy atom. The van der Waals surface area contributed by atoms with Crippen LogP contribution in [0.3, 0.4) is 0 Å². The lowest BCUT2D eigenvalue weighted by Gasteiger charge is -2.12. The van der Waals surface area contributed by atoms with E-state index in [0.29, 0.717) is 22.3 Å². The molecule has 1 N–H and O–H groups in total. The number of methoxy groups -OCH3 is 1. The summed E-state index contributed by atoms with van der Waals surface area (Å²) in [4.78, 5) is 4.66. The molecule has 0 fully saturated rings. The van der Waals surface area contributed by atoms with Crippen molar-refractivity contribution in [1.29, 1.82) is 0 Å². The van der Waals surface area contributed by atoms with E-state index in [-0.39, 0.29) is 0 Å². The summed E-state index contributed by atoms with van der Waals surface area (Å²) >= 11 is 12.5. The Kier molecular flexibility index (Phi) is 5.06. The summed E-state index contributed by atoms with van der Waals surface area (Å²) in [5.41, 5.74) is 2.66. The Morgan fingerprint density at radius 1 is 1.09 bits per heavy atom. The van der Waals surface area contributed by atoms with Crippen molar-refractivity contribution in [2.45, 2.75) is 13.0 Å². The van der Waals surface area contributed by atoms with Crippen LogP contribution >= 0.6 is 23.2 Å². The Morgan fingerprint density at radius 3 is 2.57 bits per heavy atom. The smallest absolute Gasteiger partial charge is 0.208 e. The van der Waals surface area contributed by atoms with Crippen LogP contribution in [-0.4, -0.2) is 23.3 Å². The number of aromatic nitrogens is 2. The van der Waals surface area contributed by atoms with Gasteiger partial charge in [-0.15, -0.1) is 0 Å². The van der Waals surface area contributed by atoms with Crippen molar-refractivity contribution in [3.05, 3.63) is 52.5 Å². The van der Waals surface area contributed by atoms with Crippen molar-refractivity contribution >= 4 is 45.9 Å². The predicted molar refractivity (Wildman–Crippen MR) is 96.0 cm³/mol. The SMILES string of the molecule is COCCCn1c(Nc2c(Cl)cccc2Cl)nc2ccccc21. The van der Waals surface area contributed by atoms with Gasteiger partial charge in [0.05, 0.1) is 26.8 Å². The molecule has 0 aliphatic heterocycles. The summed E-state index contributed by atoms with van der Waals surface area (Å²) in [7, 11) is 1.70. The zero-order valence-corrected chi connectivity index (χ0v) is 14.2. The van der Waals surface area contributed by atoms with E-state index < -0.39 is 0 Å². The summed E-state index contributed by atoms with van der Waals surface area (Å²) < 4.78 is 7.27. The molecule has 1 aromatic heterocycles. The summed E-state index contributed by atoms with van der Waals surface area (Å²) in [6.45, 7) is 1.48. The first-order valence-corrected chi connectivity index (χ1v) is 8.11. The molecule has 2 aromatic carbocycles. The number of para-hydroxylation sites is 3. The topological polar surface area (TPSA) is 39.1 Å². The molecule has 0 aliphatic rings. The van der Waals surface area contributed by atoms with Crippen LogP contribution in [0.1, 0.15) is 6.42 Å². The van der Waals surface area contributed by atoms with Crippen LogP contribution in [0.4, 0.5) is 11.6 Å². The number of hydrogen-bond acceptors (Lipinski definition) is 3. The highest BCUT2D eigenvalue weighted by atomic mass is 35.5. The number of imidazole rings is 1. The summed E-state index contributed by atoms with van der Waals surface area (Å²) in [6.07, 6.45) is 0.891. The summed E-state index contributed by atoms with van der Waals surface area (Å²) in [5, 5.41) is 4.40. The van der Waals surface area contributed by atoms with Gasteiger partial charge >= 0.3 is 0 Å². The maximum atomic E-state index is 6.25. The van der Waals surface area contributed by atoms with E-state index >= 15 is 0 Å². The number of nitrogens with zero attached hydrogens (tertiary/aromatic N) is 2. The Balaban J connectivity index is 2.00. The quantitative estimate of drug-likeness (QED) is 0.627. The molecule has 0 spiro atoms. The predicted octanol–water partition coefficient (Wildman–Crippen LogP) is 5.12. The van der Waals surface area contributed by atoms with E-state index in [4.69, 9.17) is 27.9 Å². The van der Waals surface area contributed by atoms with Gasteiger partial charge in [0.25, 0.3) is 0 Å². The molecule has 120 valence electrons. The molecule has 3 rings (SSSR count). The molecular formula is C17H17Cl2N3O. The first-order valence-electron chi connectivity index (χ1n) is 7.36. The van der Waals surface area contributed by atoms with Crippen molar-refractivity contribution in [2.75, 3.05) is 19.0 Å². The van der Waals surface area contributed by atoms with E-state index in [1.807, 2.05) is 24.3 Å². The third-order valence-corrected chi connectivity index (χ3v) is 4.21. The highest BCUT2D eigenvalue weighted by Gasteiger charge is 2.13. The highest BCUT2D eigenvalue weighted by molar-refractivity contribution is 6.39. The van der Waals surface area contributed by atoms with Crippen LogP contribution in [0.25, 0.3) is 11.0 Å². The number of aryl methyl sites for hydroxylation is 1. The second-order valence-electron chi connectivity index (χ2n) is 5.14. The third-order valence-electron chi connectivity index (χ3n) is 3.58. The second-order valence-corrected chi connectivity index (χ2v) is 5.96. The molecule has 0 saturated carbocycles. The molecule has 1 heterocycles. The monoisotopic (exact) mass is 349 g/mol. The molecule has 23 heavy (non-hydrogen) atoms. The van der Waals surface area contributed by atoms with Gasteiger partial charge in [-0.05, 0) is 30.7 Å². The van der Waals surface area contributed by atoms with Gasteiger partial charge in [-0.3, -0.25) is 0 Å². The first kappa shape index (κ1) is 16.1. The number of fused-ring (bicyclic) bond motifs is 1. The van der Waals surface area contributed by atoms with Crippen LogP contribution in [0.15, 0.2) is 42.5 Å². The average Bonchev–Trinajstić information content (AvgIpc) is 2.89. The molecule has 0 amide bonds. The van der Waals surface area contributed by atoms with Gasteiger partial charge in [0.15, 0.2) is 0 Å². The van der Waals surface area contributed by atoms with E-state index in [2.05, 4.69) is 20.9 Å². The van der Waals surface area contributed by atoms with Gasteiger partial charge in [0.2, 0.25) is 5.95 Å². The number of nitrogens with one attached hydrogen (secondary N) is 1. The van der Waals surface area contributed by atoms with Crippen LogP contribution in [0.2, 0.25) is 10.0 Å². The Bertz CT molecular complexity index is 796. The van der Waals surface area contributed by atoms with Gasteiger partial charge < -0.3 is 14.6 Å². The number of ether oxygens (including phenoxy) is 1. The van der Waals surface area contributed by atoms with Crippen LogP contribution in [0.5, 0.6) is 0 Å². The Hall–Kier alpha value is -1.75. The molecule has 0 radical (unpaired) electrons. The van der Waals surface area contributed by atoms with Gasteiger partial charge in [-0.2, -0.15) is 0 Å². The van der Waals surface area contributed by atoms with Crippen LogP contribution < -0.4 is 5.32 Å². The zero-order valence-electron chi connectivity index (χ0n) is 12.7. The average molecular weight is 350 g/mol. The van der Waals surface area contributed by atoms with Crippen molar-refractivity contribution in [3.63, 3.8) is 0 Å². The maximum absolute atomic E-state index is 6.25. The van der Waals surface area contributed by atoms with E-state index in [1.54, 1.807) is 19.2 Å². The molecule has 6 heteroatoms. The van der Waals surface area contributed by atoms with Gasteiger partial charge in [0, 0.05) is 20.3 Å². The fourth-order valence-corrected chi connectivity index (χ4v) is 2.99. The lowest BCUT2D eigenvalue weighted by atomic mass is 10.3. The van der Waals surface area contributed by atoms with Crippen molar-refractivity contribution < 1.29 is 4.74 Å². The number of halogens is 2. The first-order chi connectivity index (χ1) is 11.2. The highest BCUT2D eigenvalue weighted by Crippen LogP contribution is 2.33. The molecule has 3 aromatic rings. The van der Waals surface area contributed by atoms with Gasteiger partial charge in [-0.1, -0.05) is 41.4 Å². The fourth-order valence-electron chi connectivity index (χ4n) is 2.49. The van der Waals surface area contributed by atoms with E-state index in [9.17, 15) is 0 Å². The fraction of sp³-hybridized carbons (Fsp3) is 0.235. The standard InChI is InChI=1S/C17H17Cl2N3O/c1-23-11-5-10-22-15-9-3-2-8-14(15)20-17(22)21-16-12(18)6-4-7-13(16)19/h2-4,6-9H,5,10-11H2,1H3,(H,20,21). The summed E-state index contributed by atoms with van der Waals surface area (Å²) in [6, 6.07) is 13.4. The molecule has 0 aliphatic carbocycles. The largest absolute Gasteiger partial charge is 0.385 e. The molecule has 0 unspecified atom stereocenters. The van der Waals surface area contributed by atoms with E-state index in [1.165, 1.54) is 0 Å². The van der Waals surface area contributed by atoms with Crippen LogP contribution in [-0.2, 0) is 11.3 Å². The third kappa shape index (κ3) is 3.44. The lowest BCUT2D eigenvalue weighted by molar-refractivity contribution is 0.191. The van der Waals surface area contributed by atoms with Crippen molar-refractivity contribution in [1.82, 2.24) is 9.55 Å². The van der Waals surface area contributed by atoms with Gasteiger partial charge in [-0.25, -0.2) is 4.98 Å². The lowest BCUT2D eigenvalue weighted by Crippen LogP contribution is -2.06. The number of benzene rings is 2. The maximum Gasteiger partial charge on any atom is 0.208 e. The molecular weight excluding hydrogens is 333 g/mol. The second kappa shape index (κ2) is 7.21. The molecule has 0 saturated heterocycles. The van der Waals surface area contributed by atoms with Crippen molar-refractivity contribution in [2.24, 2.45) is 0 Å². The molecule has 4 nitrogen and oxygen atoms in total. The normalized spacial score (nSPS) is 11.1. The van der Waals surface area contributed by atoms with E-state index in [0.717, 1.165) is 29.9 Å². The number of rotatable bonds is 6. The number of anilines is 2. The minimum Gasteiger partial charge on any atom is -0.385 e. The van der Waals surface area contributed by atoms with Crippen LogP contribution in [0, 0.1) is 0 Å². The van der Waals surface area contributed by atoms with Crippen molar-refractivity contribution in [3.8, 4) is 0 Å². The summed E-state index contributed by atoms with van der Waals surface area (Å²) in [5.74, 6) is 0.720. The minimum atomic E-state index is 0.563. The molecule has 0 bridgehead atoms.